The van der Waals surface area contributed by atoms with Gasteiger partial charge in [-0.2, -0.15) is 0 Å². The number of hydrogen-bond acceptors (Lipinski definition) is 3. The van der Waals surface area contributed by atoms with Gasteiger partial charge in [-0.1, -0.05) is 6.07 Å². The topological polar surface area (TPSA) is 78.0 Å². The molecule has 0 radical (unpaired) electrons. The normalized spacial score (nSPS) is 9.87. The van der Waals surface area contributed by atoms with Gasteiger partial charge in [0.1, 0.15) is 5.75 Å². The summed E-state index contributed by atoms with van der Waals surface area (Å²) in [5, 5.41) is 11.7. The first-order valence-corrected chi connectivity index (χ1v) is 4.35. The molecule has 1 amide bonds. The highest BCUT2D eigenvalue weighted by molar-refractivity contribution is 6.03. The molecule has 0 unspecified atom stereocenters. The molecular weight excluding hydrogens is 194 g/mol. The lowest BCUT2D eigenvalue weighted by Crippen LogP contribution is -2.12. The zero-order valence-electron chi connectivity index (χ0n) is 7.77. The second-order valence-corrected chi connectivity index (χ2v) is 2.94. The maximum Gasteiger partial charge on any atom is 0.258 e. The van der Waals surface area contributed by atoms with Gasteiger partial charge in [-0.25, -0.2) is 4.98 Å². The van der Waals surface area contributed by atoms with Crippen molar-refractivity contribution in [3.63, 3.8) is 0 Å². The lowest BCUT2D eigenvalue weighted by atomic mass is 10.2. The lowest BCUT2D eigenvalue weighted by Gasteiger charge is -2.01. The summed E-state index contributed by atoms with van der Waals surface area (Å²) in [7, 11) is 0. The van der Waals surface area contributed by atoms with Crippen LogP contribution in [0.2, 0.25) is 0 Å². The Morgan fingerprint density at radius 3 is 3.00 bits per heavy atom. The van der Waals surface area contributed by atoms with Crippen LogP contribution < -0.4 is 5.32 Å². The predicted molar refractivity (Wildman–Crippen MR) is 54.6 cm³/mol. The van der Waals surface area contributed by atoms with Gasteiger partial charge in [-0.3, -0.25) is 10.1 Å². The van der Waals surface area contributed by atoms with E-state index in [0.717, 1.165) is 0 Å². The molecule has 3 N–H and O–H groups in total. The van der Waals surface area contributed by atoms with Gasteiger partial charge in [-0.05, 0) is 18.2 Å². The van der Waals surface area contributed by atoms with Crippen molar-refractivity contribution in [1.29, 1.82) is 0 Å². The standard InChI is InChI=1S/C10H9N3O2/c14-8-3-1-2-7(6-8)9(15)13-10-11-4-5-12-10/h1-6,14H,(H2,11,12,13,15). The molecule has 2 aromatic rings. The number of aromatic amines is 1. The minimum absolute atomic E-state index is 0.0575. The van der Waals surface area contributed by atoms with Crippen LogP contribution in [-0.2, 0) is 0 Å². The monoisotopic (exact) mass is 203 g/mol. The van der Waals surface area contributed by atoms with Crippen molar-refractivity contribution in [2.24, 2.45) is 0 Å². The highest BCUT2D eigenvalue weighted by Crippen LogP contribution is 2.11. The van der Waals surface area contributed by atoms with E-state index >= 15 is 0 Å². The van der Waals surface area contributed by atoms with Crippen LogP contribution in [0.3, 0.4) is 0 Å². The Morgan fingerprint density at radius 1 is 1.47 bits per heavy atom. The van der Waals surface area contributed by atoms with Crippen molar-refractivity contribution in [1.82, 2.24) is 9.97 Å². The number of H-pyrrole nitrogens is 1. The number of aromatic hydroxyl groups is 1. The van der Waals surface area contributed by atoms with E-state index in [4.69, 9.17) is 0 Å². The molecule has 5 heteroatoms. The Bertz CT molecular complexity index is 465. The number of phenols is 1. The number of anilines is 1. The van der Waals surface area contributed by atoms with Crippen LogP contribution in [0.5, 0.6) is 5.75 Å². The number of amides is 1. The fourth-order valence-electron chi connectivity index (χ4n) is 1.16. The van der Waals surface area contributed by atoms with Crippen molar-refractivity contribution in [2.45, 2.75) is 0 Å². The number of nitrogens with one attached hydrogen (secondary N) is 2. The molecule has 0 bridgehead atoms. The van der Waals surface area contributed by atoms with Crippen molar-refractivity contribution in [3.8, 4) is 5.75 Å². The van der Waals surface area contributed by atoms with Crippen LogP contribution in [0.25, 0.3) is 0 Å². The Labute approximate surface area is 85.8 Å². The summed E-state index contributed by atoms with van der Waals surface area (Å²) >= 11 is 0. The molecule has 5 nitrogen and oxygen atoms in total. The number of carbonyl (C=O) groups excluding carboxylic acids is 1. The van der Waals surface area contributed by atoms with Crippen LogP contribution in [0, 0.1) is 0 Å². The molecule has 0 atom stereocenters. The average Bonchev–Trinajstić information content (AvgIpc) is 2.70. The number of benzene rings is 1. The third-order valence-electron chi connectivity index (χ3n) is 1.84. The Morgan fingerprint density at radius 2 is 2.33 bits per heavy atom. The first kappa shape index (κ1) is 9.26. The maximum absolute atomic E-state index is 11.6. The largest absolute Gasteiger partial charge is 0.508 e. The number of carbonyl (C=O) groups is 1. The Kier molecular flexibility index (Phi) is 2.37. The van der Waals surface area contributed by atoms with Crippen LogP contribution in [-0.4, -0.2) is 21.0 Å². The number of hydrogen-bond donors (Lipinski definition) is 3. The third kappa shape index (κ3) is 2.14. The fourth-order valence-corrected chi connectivity index (χ4v) is 1.16. The summed E-state index contributed by atoms with van der Waals surface area (Å²) in [4.78, 5) is 18.2. The first-order chi connectivity index (χ1) is 7.25. The van der Waals surface area contributed by atoms with E-state index in [1.54, 1.807) is 18.3 Å². The molecule has 76 valence electrons. The molecule has 0 aliphatic carbocycles. The minimum Gasteiger partial charge on any atom is -0.508 e. The number of nitrogens with zero attached hydrogens (tertiary/aromatic N) is 1. The summed E-state index contributed by atoms with van der Waals surface area (Å²) in [6.45, 7) is 0. The van der Waals surface area contributed by atoms with E-state index in [1.807, 2.05) is 0 Å². The molecule has 0 fully saturated rings. The van der Waals surface area contributed by atoms with Crippen molar-refractivity contribution < 1.29 is 9.90 Å². The predicted octanol–water partition coefficient (Wildman–Crippen LogP) is 1.37. The van der Waals surface area contributed by atoms with Gasteiger partial charge in [0.05, 0.1) is 0 Å². The van der Waals surface area contributed by atoms with Gasteiger partial charge in [0, 0.05) is 18.0 Å². The highest BCUT2D eigenvalue weighted by Gasteiger charge is 2.07. The molecule has 1 heterocycles. The van der Waals surface area contributed by atoms with Gasteiger partial charge in [0.15, 0.2) is 0 Å². The number of imidazole rings is 1. The number of phenolic OH excluding ortho intramolecular Hbond substituents is 1. The van der Waals surface area contributed by atoms with E-state index in [2.05, 4.69) is 15.3 Å². The van der Waals surface area contributed by atoms with Gasteiger partial charge in [0.25, 0.3) is 5.91 Å². The molecule has 2 rings (SSSR count). The highest BCUT2D eigenvalue weighted by atomic mass is 16.3. The summed E-state index contributed by atoms with van der Waals surface area (Å²) in [6, 6.07) is 6.10. The zero-order chi connectivity index (χ0) is 10.7. The smallest absolute Gasteiger partial charge is 0.258 e. The summed E-state index contributed by atoms with van der Waals surface area (Å²) in [5.41, 5.74) is 0.381. The van der Waals surface area contributed by atoms with E-state index < -0.39 is 0 Å². The van der Waals surface area contributed by atoms with Crippen LogP contribution in [0.15, 0.2) is 36.7 Å². The lowest BCUT2D eigenvalue weighted by molar-refractivity contribution is 0.102. The van der Waals surface area contributed by atoms with Crippen LogP contribution in [0.4, 0.5) is 5.95 Å². The van der Waals surface area contributed by atoms with Gasteiger partial charge in [0.2, 0.25) is 5.95 Å². The van der Waals surface area contributed by atoms with E-state index in [-0.39, 0.29) is 11.7 Å². The van der Waals surface area contributed by atoms with Gasteiger partial charge in [-0.15, -0.1) is 0 Å². The van der Waals surface area contributed by atoms with Crippen molar-refractivity contribution >= 4 is 11.9 Å². The van der Waals surface area contributed by atoms with Crippen molar-refractivity contribution in [3.05, 3.63) is 42.2 Å². The van der Waals surface area contributed by atoms with Gasteiger partial charge < -0.3 is 10.1 Å². The fraction of sp³-hybridized carbons (Fsp3) is 0. The molecule has 0 spiro atoms. The molecule has 0 saturated carbocycles. The number of rotatable bonds is 2. The second kappa shape index (κ2) is 3.83. The quantitative estimate of drug-likeness (QED) is 0.689. The maximum atomic E-state index is 11.6. The summed E-state index contributed by atoms with van der Waals surface area (Å²) < 4.78 is 0. The van der Waals surface area contributed by atoms with Gasteiger partial charge >= 0.3 is 0 Å². The molecule has 0 saturated heterocycles. The third-order valence-corrected chi connectivity index (χ3v) is 1.84. The van der Waals surface area contributed by atoms with E-state index in [0.29, 0.717) is 11.5 Å². The molecular formula is C10H9N3O2. The average molecular weight is 203 g/mol. The van der Waals surface area contributed by atoms with Crippen LogP contribution in [0.1, 0.15) is 10.4 Å². The molecule has 1 aromatic carbocycles. The minimum atomic E-state index is -0.319. The molecule has 0 aliphatic heterocycles. The zero-order valence-corrected chi connectivity index (χ0v) is 7.77. The van der Waals surface area contributed by atoms with Crippen molar-refractivity contribution in [2.75, 3.05) is 5.32 Å². The number of aromatic nitrogens is 2. The molecule has 1 aromatic heterocycles. The molecule has 0 aliphatic rings. The Balaban J connectivity index is 2.15. The second-order valence-electron chi connectivity index (χ2n) is 2.94. The van der Waals surface area contributed by atoms with E-state index in [1.165, 1.54) is 18.3 Å². The Hall–Kier alpha value is -2.30. The molecule has 15 heavy (non-hydrogen) atoms. The van der Waals surface area contributed by atoms with Crippen LogP contribution >= 0.6 is 0 Å². The summed E-state index contributed by atoms with van der Waals surface area (Å²) in [5.74, 6) is 0.117. The van der Waals surface area contributed by atoms with E-state index in [9.17, 15) is 9.90 Å². The SMILES string of the molecule is O=C(Nc1ncc[nH]1)c1cccc(O)c1. The summed E-state index contributed by atoms with van der Waals surface area (Å²) in [6.07, 6.45) is 3.15. The first-order valence-electron chi connectivity index (χ1n) is 4.35.